The molecule has 0 aliphatic carbocycles. The van der Waals surface area contributed by atoms with E-state index in [1.54, 1.807) is 0 Å². The highest BCUT2D eigenvalue weighted by molar-refractivity contribution is 7.85. The molecular weight excluding hydrogens is 541 g/mol. The number of anilines is 2. The van der Waals surface area contributed by atoms with E-state index < -0.39 is 45.8 Å². The number of nitrogens with one attached hydrogen (secondary N) is 3. The molecule has 198 valence electrons. The number of hydrogen-bond acceptors (Lipinski definition) is 6. The van der Waals surface area contributed by atoms with Crippen LogP contribution in [0, 0.1) is 0 Å². The van der Waals surface area contributed by atoms with Crippen LogP contribution in [0.5, 0.6) is 11.5 Å². The van der Waals surface area contributed by atoms with Crippen LogP contribution in [0.1, 0.15) is 20.2 Å². The molecule has 0 unspecified atom stereocenters. The largest absolute Gasteiger partial charge is 0.457 e. The van der Waals surface area contributed by atoms with Gasteiger partial charge in [-0.3, -0.25) is 14.3 Å². The van der Waals surface area contributed by atoms with Crippen LogP contribution in [-0.2, 0) is 16.3 Å². The minimum atomic E-state index is -4.67. The minimum absolute atomic E-state index is 0.102. The van der Waals surface area contributed by atoms with Crippen molar-refractivity contribution < 1.29 is 44.6 Å². The number of hydrogen-bond donors (Lipinski definition) is 4. The van der Waals surface area contributed by atoms with Gasteiger partial charge in [0, 0.05) is 34.7 Å². The van der Waals surface area contributed by atoms with Crippen molar-refractivity contribution in [2.24, 2.45) is 0 Å². The second-order valence-electron chi connectivity index (χ2n) is 6.96. The molecule has 1 heterocycles. The minimum Gasteiger partial charge on any atom is -0.457 e. The monoisotopic (exact) mass is 563 g/mol. The molecule has 15 heteroatoms. The summed E-state index contributed by atoms with van der Waals surface area (Å²) in [6.45, 7) is -2.67. The lowest BCUT2D eigenvalue weighted by Crippen LogP contribution is -2.19. The lowest BCUT2D eigenvalue weighted by molar-refractivity contribution is -0.137. The number of rotatable bonds is 5. The van der Waals surface area contributed by atoms with Crippen molar-refractivity contribution >= 4 is 45.0 Å². The topological polar surface area (TPSA) is 147 Å². The summed E-state index contributed by atoms with van der Waals surface area (Å²) in [7, 11) is -3.67. The first-order valence-electron chi connectivity index (χ1n) is 11.2. The van der Waals surface area contributed by atoms with Crippen molar-refractivity contribution in [1.82, 2.24) is 10.3 Å². The summed E-state index contributed by atoms with van der Waals surface area (Å²) in [6, 6.07) is 10.8. The quantitative estimate of drug-likeness (QED) is 0.317. The smallest absolute Gasteiger partial charge is 0.417 e. The summed E-state index contributed by atoms with van der Waals surface area (Å²) >= 11 is 5.56. The summed E-state index contributed by atoms with van der Waals surface area (Å²) < 4.78 is 91.6. The van der Waals surface area contributed by atoms with Gasteiger partial charge in [0.2, 0.25) is 0 Å². The first kappa shape index (κ1) is 24.8. The van der Waals surface area contributed by atoms with E-state index in [4.69, 9.17) is 25.0 Å². The highest BCUT2D eigenvalue weighted by Gasteiger charge is 2.33. The summed E-state index contributed by atoms with van der Waals surface area (Å²) in [6.07, 6.45) is -2.69. The molecule has 3 aromatic rings. The Labute approximate surface area is 218 Å². The Morgan fingerprint density at radius 3 is 2.22 bits per heavy atom. The van der Waals surface area contributed by atoms with Crippen LogP contribution in [0.4, 0.5) is 29.3 Å². The Balaban J connectivity index is 0.00000103. The third-order valence-electron chi connectivity index (χ3n) is 3.96. The SMILES string of the molecule is CS(=O)(=O)O.[2H]C([2H])([2H])NC(=O)c1cc(Oc2ccc(NC(=O)Nc3ccc(Cl)c(C(F)(F)F)c3)cc2)ccn1. The van der Waals surface area contributed by atoms with Crippen molar-refractivity contribution in [3.8, 4) is 11.5 Å². The molecule has 0 aliphatic rings. The molecule has 0 bridgehead atoms. The Morgan fingerprint density at radius 1 is 1.03 bits per heavy atom. The second-order valence-corrected chi connectivity index (χ2v) is 8.84. The maximum atomic E-state index is 13.0. The Kier molecular flexibility index (Phi) is 8.30. The van der Waals surface area contributed by atoms with Crippen LogP contribution in [0.3, 0.4) is 0 Å². The van der Waals surface area contributed by atoms with Crippen molar-refractivity contribution in [3.05, 3.63) is 77.1 Å². The molecule has 0 spiro atoms. The highest BCUT2D eigenvalue weighted by atomic mass is 35.5. The maximum absolute atomic E-state index is 13.0. The van der Waals surface area contributed by atoms with Crippen LogP contribution in [0.2, 0.25) is 5.02 Å². The molecule has 0 saturated carbocycles. The lowest BCUT2D eigenvalue weighted by atomic mass is 10.2. The third-order valence-corrected chi connectivity index (χ3v) is 4.28. The molecule has 3 rings (SSSR count). The Hall–Kier alpha value is -3.88. The summed E-state index contributed by atoms with van der Waals surface area (Å²) in [5, 5.41) is 6.09. The number of nitrogens with zero attached hydrogens (tertiary/aromatic N) is 1. The number of halogens is 4. The van der Waals surface area contributed by atoms with Crippen LogP contribution < -0.4 is 20.7 Å². The summed E-state index contributed by atoms with van der Waals surface area (Å²) in [5.74, 6) is -0.377. The number of benzene rings is 2. The summed E-state index contributed by atoms with van der Waals surface area (Å²) in [5.41, 5.74) is -1.03. The van der Waals surface area contributed by atoms with E-state index in [2.05, 4.69) is 15.6 Å². The Bertz CT molecular complexity index is 1470. The normalized spacial score (nSPS) is 12.5. The third kappa shape index (κ3) is 10.3. The van der Waals surface area contributed by atoms with Gasteiger partial charge in [-0.15, -0.1) is 0 Å². The van der Waals surface area contributed by atoms with Crippen LogP contribution in [0.15, 0.2) is 60.8 Å². The van der Waals surface area contributed by atoms with Crippen molar-refractivity contribution in [3.63, 3.8) is 0 Å². The number of aromatic nitrogens is 1. The van der Waals surface area contributed by atoms with E-state index in [0.717, 1.165) is 12.1 Å². The fourth-order valence-corrected chi connectivity index (χ4v) is 2.74. The van der Waals surface area contributed by atoms with Crippen molar-refractivity contribution in [2.45, 2.75) is 6.18 Å². The number of urea groups is 1. The first-order chi connectivity index (χ1) is 18.3. The molecular formula is C22H20ClF3N4O6S. The van der Waals surface area contributed by atoms with Gasteiger partial charge in [0.15, 0.2) is 0 Å². The van der Waals surface area contributed by atoms with Crippen molar-refractivity contribution in [1.29, 1.82) is 0 Å². The second kappa shape index (κ2) is 12.4. The number of alkyl halides is 3. The number of carbonyl (C=O) groups is 2. The van der Waals surface area contributed by atoms with E-state index in [1.165, 1.54) is 48.7 Å². The van der Waals surface area contributed by atoms with Gasteiger partial charge in [-0.05, 0) is 48.5 Å². The van der Waals surface area contributed by atoms with Crippen LogP contribution >= 0.6 is 11.6 Å². The number of ether oxygens (including phenoxy) is 1. The average Bonchev–Trinajstić information content (AvgIpc) is 2.79. The van der Waals surface area contributed by atoms with E-state index in [-0.39, 0.29) is 17.1 Å². The zero-order chi connectivity index (χ0) is 30.3. The Morgan fingerprint density at radius 2 is 1.62 bits per heavy atom. The molecule has 0 aliphatic heterocycles. The van der Waals surface area contributed by atoms with E-state index in [1.807, 2.05) is 5.32 Å². The molecule has 4 N–H and O–H groups in total. The van der Waals surface area contributed by atoms with Gasteiger partial charge >= 0.3 is 12.2 Å². The molecule has 37 heavy (non-hydrogen) atoms. The average molecular weight is 564 g/mol. The highest BCUT2D eigenvalue weighted by Crippen LogP contribution is 2.36. The zero-order valence-electron chi connectivity index (χ0n) is 21.6. The van der Waals surface area contributed by atoms with Gasteiger partial charge in [-0.1, -0.05) is 11.6 Å². The fraction of sp³-hybridized carbons (Fsp3) is 0.136. The predicted octanol–water partition coefficient (Wildman–Crippen LogP) is 5.05. The lowest BCUT2D eigenvalue weighted by Gasteiger charge is -2.12. The maximum Gasteiger partial charge on any atom is 0.417 e. The van der Waals surface area contributed by atoms with Gasteiger partial charge in [0.05, 0.1) is 16.8 Å². The van der Waals surface area contributed by atoms with E-state index >= 15 is 0 Å². The van der Waals surface area contributed by atoms with Crippen LogP contribution in [0.25, 0.3) is 0 Å². The molecule has 2 aromatic carbocycles. The molecule has 10 nitrogen and oxygen atoms in total. The van der Waals surface area contributed by atoms with E-state index in [0.29, 0.717) is 17.7 Å². The van der Waals surface area contributed by atoms with Gasteiger partial charge in [-0.2, -0.15) is 21.6 Å². The number of carbonyl (C=O) groups excluding carboxylic acids is 2. The predicted molar refractivity (Wildman–Crippen MR) is 131 cm³/mol. The molecule has 0 saturated heterocycles. The molecule has 0 atom stereocenters. The molecule has 3 amide bonds. The molecule has 1 aromatic heterocycles. The molecule has 0 radical (unpaired) electrons. The van der Waals surface area contributed by atoms with Crippen molar-refractivity contribution in [2.75, 3.05) is 23.9 Å². The number of amides is 3. The van der Waals surface area contributed by atoms with Gasteiger partial charge < -0.3 is 20.7 Å². The first-order valence-corrected chi connectivity index (χ1v) is 12.0. The van der Waals surface area contributed by atoms with Gasteiger partial charge in [0.25, 0.3) is 16.0 Å². The van der Waals surface area contributed by atoms with Crippen LogP contribution in [-0.4, -0.2) is 43.1 Å². The summed E-state index contributed by atoms with van der Waals surface area (Å²) in [4.78, 5) is 27.9. The van der Waals surface area contributed by atoms with Gasteiger partial charge in [-0.25, -0.2) is 4.79 Å². The number of pyridine rings is 1. The van der Waals surface area contributed by atoms with Gasteiger partial charge in [0.1, 0.15) is 17.2 Å². The standard InChI is InChI=1S/C21H16ClF3N4O3.CH4O3S/c1-26-19(30)18-11-15(8-9-27-18)32-14-5-2-12(3-6-14)28-20(31)29-13-4-7-17(22)16(10-13)21(23,24)25;1-5(2,3)4/h2-11H,1H3,(H,26,30)(H2,28,29,31);1H3,(H,2,3,4)/i1D3;. The van der Waals surface area contributed by atoms with E-state index in [9.17, 15) is 31.2 Å². The molecule has 0 fully saturated rings. The fourth-order valence-electron chi connectivity index (χ4n) is 2.52. The zero-order valence-corrected chi connectivity index (χ0v) is 20.2.